The van der Waals surface area contributed by atoms with Crippen LogP contribution in [0.4, 0.5) is 4.39 Å². The van der Waals surface area contributed by atoms with Crippen LogP contribution < -0.4 is 0 Å². The van der Waals surface area contributed by atoms with E-state index in [4.69, 9.17) is 0 Å². The first-order valence-electron chi connectivity index (χ1n) is 8.93. The Morgan fingerprint density at radius 2 is 1.88 bits per heavy atom. The molecule has 0 spiro atoms. The maximum absolute atomic E-state index is 13.9. The van der Waals surface area contributed by atoms with Crippen molar-refractivity contribution in [2.24, 2.45) is 0 Å². The van der Waals surface area contributed by atoms with Crippen molar-refractivity contribution >= 4 is 5.97 Å². The van der Waals surface area contributed by atoms with Gasteiger partial charge in [-0.15, -0.1) is 0 Å². The first-order chi connectivity index (χ1) is 12.1. The van der Waals surface area contributed by atoms with E-state index >= 15 is 0 Å². The Balaban J connectivity index is 1.72. The Morgan fingerprint density at radius 1 is 1.12 bits per heavy atom. The zero-order chi connectivity index (χ0) is 17.6. The fourth-order valence-corrected chi connectivity index (χ4v) is 3.66. The molecule has 0 aliphatic heterocycles. The van der Waals surface area contributed by atoms with Crippen molar-refractivity contribution in [2.75, 3.05) is 6.54 Å². The van der Waals surface area contributed by atoms with Crippen LogP contribution in [-0.4, -0.2) is 28.6 Å². The first kappa shape index (κ1) is 17.6. The van der Waals surface area contributed by atoms with E-state index in [1.165, 1.54) is 18.9 Å². The zero-order valence-corrected chi connectivity index (χ0v) is 14.3. The number of hydrogen-bond acceptors (Lipinski definition) is 2. The lowest BCUT2D eigenvalue weighted by atomic mass is 10.1. The second-order valence-electron chi connectivity index (χ2n) is 6.76. The van der Waals surface area contributed by atoms with Gasteiger partial charge in [0.15, 0.2) is 0 Å². The molecule has 2 aromatic rings. The van der Waals surface area contributed by atoms with E-state index in [1.807, 2.05) is 18.2 Å². The van der Waals surface area contributed by atoms with Gasteiger partial charge in [-0.3, -0.25) is 4.90 Å². The smallest absolute Gasteiger partial charge is 0.335 e. The summed E-state index contributed by atoms with van der Waals surface area (Å²) >= 11 is 0. The van der Waals surface area contributed by atoms with Crippen LogP contribution in [0.2, 0.25) is 0 Å². The zero-order valence-electron chi connectivity index (χ0n) is 14.3. The van der Waals surface area contributed by atoms with Gasteiger partial charge >= 0.3 is 5.97 Å². The number of aromatic carboxylic acids is 1. The highest BCUT2D eigenvalue weighted by atomic mass is 19.1. The van der Waals surface area contributed by atoms with Crippen molar-refractivity contribution in [3.63, 3.8) is 0 Å². The molecule has 0 saturated heterocycles. The molecule has 3 rings (SSSR count). The van der Waals surface area contributed by atoms with Crippen LogP contribution in [0, 0.1) is 5.82 Å². The van der Waals surface area contributed by atoms with Crippen LogP contribution >= 0.6 is 0 Å². The fraction of sp³-hybridized carbons (Fsp3) is 0.381. The van der Waals surface area contributed by atoms with Gasteiger partial charge in [0.05, 0.1) is 5.56 Å². The van der Waals surface area contributed by atoms with Crippen LogP contribution in [0.15, 0.2) is 48.5 Å². The molecule has 0 atom stereocenters. The Hall–Kier alpha value is -2.20. The van der Waals surface area contributed by atoms with Crippen LogP contribution in [0.1, 0.15) is 47.2 Å². The van der Waals surface area contributed by atoms with E-state index < -0.39 is 5.97 Å². The van der Waals surface area contributed by atoms with E-state index in [1.54, 1.807) is 24.3 Å². The summed E-state index contributed by atoms with van der Waals surface area (Å²) in [6.45, 7) is 1.49. The summed E-state index contributed by atoms with van der Waals surface area (Å²) in [6.07, 6.45) is 5.46. The van der Waals surface area contributed by atoms with E-state index in [9.17, 15) is 14.3 Å². The van der Waals surface area contributed by atoms with E-state index in [0.717, 1.165) is 30.5 Å². The number of hydrogen-bond donors (Lipinski definition) is 1. The third kappa shape index (κ3) is 4.67. The molecule has 0 radical (unpaired) electrons. The molecule has 0 aromatic heterocycles. The lowest BCUT2D eigenvalue weighted by molar-refractivity contribution is 0.0696. The molecule has 3 nitrogen and oxygen atoms in total. The number of benzene rings is 2. The average molecular weight is 341 g/mol. The summed E-state index contributed by atoms with van der Waals surface area (Å²) in [4.78, 5) is 13.6. The van der Waals surface area contributed by atoms with Gasteiger partial charge < -0.3 is 5.11 Å². The van der Waals surface area contributed by atoms with Gasteiger partial charge in [0, 0.05) is 19.1 Å². The molecule has 1 saturated carbocycles. The second-order valence-corrected chi connectivity index (χ2v) is 6.76. The first-order valence-corrected chi connectivity index (χ1v) is 8.93. The second kappa shape index (κ2) is 8.26. The topological polar surface area (TPSA) is 40.5 Å². The summed E-state index contributed by atoms with van der Waals surface area (Å²) in [5, 5.41) is 9.18. The largest absolute Gasteiger partial charge is 0.478 e. The average Bonchev–Trinajstić information content (AvgIpc) is 3.14. The number of nitrogens with zero attached hydrogens (tertiary/aromatic N) is 1. The van der Waals surface area contributed by atoms with E-state index in [-0.39, 0.29) is 5.82 Å². The molecular weight excluding hydrogens is 317 g/mol. The standard InChI is InChI=1S/C21H24FNO2/c22-20-11-4-1-7-17(20)12-13-23(19-9-2-3-10-19)15-16-6-5-8-18(14-16)21(24)25/h1,4-8,11,14,19H,2-3,9-10,12-13,15H2,(H,24,25). The van der Waals surface area contributed by atoms with Crippen molar-refractivity contribution in [3.8, 4) is 0 Å². The number of carboxylic acids is 1. The van der Waals surface area contributed by atoms with Gasteiger partial charge in [0.2, 0.25) is 0 Å². The molecule has 132 valence electrons. The molecule has 0 amide bonds. The van der Waals surface area contributed by atoms with Crippen LogP contribution in [0.3, 0.4) is 0 Å². The fourth-order valence-electron chi connectivity index (χ4n) is 3.66. The minimum atomic E-state index is -0.902. The van der Waals surface area contributed by atoms with Crippen LogP contribution in [0.25, 0.3) is 0 Å². The molecule has 1 N–H and O–H groups in total. The SMILES string of the molecule is O=C(O)c1cccc(CN(CCc2ccccc2F)C2CCCC2)c1. The van der Waals surface area contributed by atoms with Gasteiger partial charge in [-0.25, -0.2) is 9.18 Å². The highest BCUT2D eigenvalue weighted by Crippen LogP contribution is 2.25. The Bertz CT molecular complexity index is 725. The van der Waals surface area contributed by atoms with E-state index in [0.29, 0.717) is 24.6 Å². The predicted molar refractivity (Wildman–Crippen MR) is 96.2 cm³/mol. The molecule has 0 unspecified atom stereocenters. The van der Waals surface area contributed by atoms with Crippen molar-refractivity contribution < 1.29 is 14.3 Å². The summed E-state index contributed by atoms with van der Waals surface area (Å²) in [7, 11) is 0. The van der Waals surface area contributed by atoms with Gasteiger partial charge in [0.25, 0.3) is 0 Å². The highest BCUT2D eigenvalue weighted by molar-refractivity contribution is 5.87. The van der Waals surface area contributed by atoms with E-state index in [2.05, 4.69) is 4.90 Å². The highest BCUT2D eigenvalue weighted by Gasteiger charge is 2.23. The minimum absolute atomic E-state index is 0.151. The molecule has 1 aliphatic rings. The summed E-state index contributed by atoms with van der Waals surface area (Å²) < 4.78 is 13.9. The maximum atomic E-state index is 13.9. The molecule has 0 heterocycles. The summed E-state index contributed by atoms with van der Waals surface area (Å²) in [6, 6.07) is 14.6. The lowest BCUT2D eigenvalue weighted by Gasteiger charge is -2.29. The summed E-state index contributed by atoms with van der Waals surface area (Å²) in [5.41, 5.74) is 2.06. The number of carboxylic acid groups (broad SMARTS) is 1. The van der Waals surface area contributed by atoms with Crippen LogP contribution in [-0.2, 0) is 13.0 Å². The van der Waals surface area contributed by atoms with Crippen molar-refractivity contribution in [1.82, 2.24) is 4.90 Å². The molecule has 0 bridgehead atoms. The normalized spacial score (nSPS) is 15.0. The van der Waals surface area contributed by atoms with Gasteiger partial charge in [-0.1, -0.05) is 43.2 Å². The van der Waals surface area contributed by atoms with Crippen molar-refractivity contribution in [1.29, 1.82) is 0 Å². The van der Waals surface area contributed by atoms with Gasteiger partial charge in [-0.2, -0.15) is 0 Å². The molecule has 2 aromatic carbocycles. The number of rotatable bonds is 7. The third-order valence-corrected chi connectivity index (χ3v) is 5.03. The van der Waals surface area contributed by atoms with Gasteiger partial charge in [-0.05, 0) is 48.6 Å². The third-order valence-electron chi connectivity index (χ3n) is 5.03. The van der Waals surface area contributed by atoms with Crippen molar-refractivity contribution in [2.45, 2.75) is 44.7 Å². The molecule has 1 aliphatic carbocycles. The van der Waals surface area contributed by atoms with Gasteiger partial charge in [0.1, 0.15) is 5.82 Å². The quantitative estimate of drug-likeness (QED) is 0.805. The maximum Gasteiger partial charge on any atom is 0.335 e. The van der Waals surface area contributed by atoms with Crippen LogP contribution in [0.5, 0.6) is 0 Å². The number of carbonyl (C=O) groups is 1. The molecular formula is C21H24FNO2. The number of halogens is 1. The Kier molecular flexibility index (Phi) is 5.82. The molecule has 25 heavy (non-hydrogen) atoms. The Labute approximate surface area is 148 Å². The lowest BCUT2D eigenvalue weighted by Crippen LogP contribution is -2.34. The molecule has 1 fully saturated rings. The molecule has 4 heteroatoms. The minimum Gasteiger partial charge on any atom is -0.478 e. The summed E-state index contributed by atoms with van der Waals surface area (Å²) in [5.74, 6) is -1.05. The van der Waals surface area contributed by atoms with Crippen molar-refractivity contribution in [3.05, 3.63) is 71.0 Å². The Morgan fingerprint density at radius 3 is 2.60 bits per heavy atom. The predicted octanol–water partition coefficient (Wildman–Crippen LogP) is 4.51. The monoisotopic (exact) mass is 341 g/mol.